The van der Waals surface area contributed by atoms with Crippen LogP contribution in [0.5, 0.6) is 0 Å². The zero-order chi connectivity index (χ0) is 14.0. The van der Waals surface area contributed by atoms with Crippen LogP contribution in [-0.4, -0.2) is 18.4 Å². The highest BCUT2D eigenvalue weighted by atomic mass is 32.2. The highest BCUT2D eigenvalue weighted by Gasteiger charge is 2.18. The number of hydrogen-bond donors (Lipinski definition) is 2. The Balaban J connectivity index is 2.32. The second-order valence-electron chi connectivity index (χ2n) is 3.72. The van der Waals surface area contributed by atoms with E-state index in [1.54, 1.807) is 31.3 Å². The molecule has 0 spiro atoms. The van der Waals surface area contributed by atoms with Gasteiger partial charge in [-0.25, -0.2) is 8.42 Å². The summed E-state index contributed by atoms with van der Waals surface area (Å²) in [6, 6.07) is 6.40. The molecular weight excluding hydrogens is 302 g/mol. The van der Waals surface area contributed by atoms with Gasteiger partial charge in [0.25, 0.3) is 10.0 Å². The third kappa shape index (κ3) is 3.09. The molecule has 5 nitrogen and oxygen atoms in total. The SMILES string of the molecule is Cc1ncccc1NS(=O)(=O)c1ccc(C(N)=S)s1. The van der Waals surface area contributed by atoms with E-state index in [1.165, 1.54) is 6.07 Å². The molecule has 0 radical (unpaired) electrons. The number of sulfonamides is 1. The fraction of sp³-hybridized carbons (Fsp3) is 0.0909. The van der Waals surface area contributed by atoms with Crippen molar-refractivity contribution in [2.75, 3.05) is 4.72 Å². The lowest BCUT2D eigenvalue weighted by Crippen LogP contribution is -2.12. The summed E-state index contributed by atoms with van der Waals surface area (Å²) in [5.74, 6) is 0. The van der Waals surface area contributed by atoms with Crippen molar-refractivity contribution in [1.82, 2.24) is 4.98 Å². The molecule has 0 aliphatic heterocycles. The van der Waals surface area contributed by atoms with Crippen LogP contribution in [-0.2, 0) is 10.0 Å². The van der Waals surface area contributed by atoms with Crippen molar-refractivity contribution in [1.29, 1.82) is 0 Å². The summed E-state index contributed by atoms with van der Waals surface area (Å²) in [6.45, 7) is 1.73. The molecule has 0 saturated heterocycles. The number of thiocarbonyl (C=S) groups is 1. The predicted octanol–water partition coefficient (Wildman–Crippen LogP) is 1.89. The largest absolute Gasteiger partial charge is 0.389 e. The van der Waals surface area contributed by atoms with E-state index >= 15 is 0 Å². The minimum Gasteiger partial charge on any atom is -0.389 e. The lowest BCUT2D eigenvalue weighted by molar-refractivity contribution is 0.603. The molecule has 0 amide bonds. The number of nitrogens with one attached hydrogen (secondary N) is 1. The molecule has 0 aliphatic rings. The quantitative estimate of drug-likeness (QED) is 0.842. The highest BCUT2D eigenvalue weighted by molar-refractivity contribution is 7.94. The Morgan fingerprint density at radius 2 is 2.16 bits per heavy atom. The third-order valence-corrected chi connectivity index (χ3v) is 5.67. The standard InChI is InChI=1S/C11H11N3O2S3/c1-7-8(3-2-6-13-7)14-19(15,16)10-5-4-9(18-10)11(12)17/h2-6,14H,1H3,(H2,12,17). The summed E-state index contributed by atoms with van der Waals surface area (Å²) in [7, 11) is -3.64. The van der Waals surface area contributed by atoms with Gasteiger partial charge in [0.05, 0.1) is 16.3 Å². The minimum absolute atomic E-state index is 0.165. The molecular formula is C11H11N3O2S3. The molecule has 100 valence electrons. The van der Waals surface area contributed by atoms with Crippen LogP contribution in [0.3, 0.4) is 0 Å². The van der Waals surface area contributed by atoms with Crippen LogP contribution in [0.1, 0.15) is 10.6 Å². The van der Waals surface area contributed by atoms with Crippen LogP contribution >= 0.6 is 23.6 Å². The predicted molar refractivity (Wildman–Crippen MR) is 80.0 cm³/mol. The van der Waals surface area contributed by atoms with Gasteiger partial charge in [-0.1, -0.05) is 12.2 Å². The first-order valence-electron chi connectivity index (χ1n) is 5.24. The number of rotatable bonds is 4. The van der Waals surface area contributed by atoms with Crippen molar-refractivity contribution >= 4 is 44.3 Å². The third-order valence-electron chi connectivity index (χ3n) is 2.34. The van der Waals surface area contributed by atoms with Gasteiger partial charge in [-0.05, 0) is 31.2 Å². The van der Waals surface area contributed by atoms with Gasteiger partial charge >= 0.3 is 0 Å². The summed E-state index contributed by atoms with van der Waals surface area (Å²) >= 11 is 5.85. The Hall–Kier alpha value is -1.51. The molecule has 0 aromatic carbocycles. The molecule has 2 heterocycles. The number of nitrogens with two attached hydrogens (primary N) is 1. The first-order chi connectivity index (χ1) is 8.90. The first-order valence-corrected chi connectivity index (χ1v) is 7.95. The first kappa shape index (κ1) is 13.9. The van der Waals surface area contributed by atoms with Crippen LogP contribution in [0, 0.1) is 6.92 Å². The fourth-order valence-electron chi connectivity index (χ4n) is 1.38. The molecule has 0 atom stereocenters. The van der Waals surface area contributed by atoms with Gasteiger partial charge in [0, 0.05) is 6.20 Å². The van der Waals surface area contributed by atoms with E-state index < -0.39 is 10.0 Å². The van der Waals surface area contributed by atoms with Crippen molar-refractivity contribution in [3.8, 4) is 0 Å². The number of thiophene rings is 1. The molecule has 2 aromatic heterocycles. The number of nitrogens with zero attached hydrogens (tertiary/aromatic N) is 1. The van der Waals surface area contributed by atoms with Gasteiger partial charge in [0.15, 0.2) is 0 Å². The van der Waals surface area contributed by atoms with Crippen molar-refractivity contribution in [2.24, 2.45) is 5.73 Å². The minimum atomic E-state index is -3.64. The molecule has 0 saturated carbocycles. The summed E-state index contributed by atoms with van der Waals surface area (Å²) in [5, 5.41) is 0. The average molecular weight is 313 g/mol. The summed E-state index contributed by atoms with van der Waals surface area (Å²) in [5.41, 5.74) is 6.52. The monoisotopic (exact) mass is 313 g/mol. The second-order valence-corrected chi connectivity index (χ2v) is 7.16. The van der Waals surface area contributed by atoms with Gasteiger partial charge in [-0.2, -0.15) is 0 Å². The Morgan fingerprint density at radius 3 is 2.74 bits per heavy atom. The molecule has 2 aromatic rings. The molecule has 2 rings (SSSR count). The second kappa shape index (κ2) is 5.24. The van der Waals surface area contributed by atoms with E-state index in [0.717, 1.165) is 11.3 Å². The Kier molecular flexibility index (Phi) is 3.83. The maximum absolute atomic E-state index is 12.2. The topological polar surface area (TPSA) is 85.1 Å². The maximum Gasteiger partial charge on any atom is 0.271 e. The van der Waals surface area contributed by atoms with Crippen LogP contribution in [0.15, 0.2) is 34.7 Å². The maximum atomic E-state index is 12.2. The lowest BCUT2D eigenvalue weighted by atomic mass is 10.3. The number of hydrogen-bond acceptors (Lipinski definition) is 5. The van der Waals surface area contributed by atoms with E-state index in [-0.39, 0.29) is 9.20 Å². The fourth-order valence-corrected chi connectivity index (χ4v) is 3.85. The summed E-state index contributed by atoms with van der Waals surface area (Å²) < 4.78 is 27.0. The normalized spacial score (nSPS) is 11.2. The molecule has 0 unspecified atom stereocenters. The van der Waals surface area contributed by atoms with Gasteiger partial charge in [0.2, 0.25) is 0 Å². The number of aromatic nitrogens is 1. The molecule has 0 fully saturated rings. The number of pyridine rings is 1. The van der Waals surface area contributed by atoms with E-state index in [4.69, 9.17) is 18.0 Å². The molecule has 19 heavy (non-hydrogen) atoms. The molecule has 8 heteroatoms. The Morgan fingerprint density at radius 1 is 1.42 bits per heavy atom. The smallest absolute Gasteiger partial charge is 0.271 e. The number of aryl methyl sites for hydroxylation is 1. The lowest BCUT2D eigenvalue weighted by Gasteiger charge is -2.07. The zero-order valence-corrected chi connectivity index (χ0v) is 12.4. The van der Waals surface area contributed by atoms with Gasteiger partial charge in [-0.3, -0.25) is 9.71 Å². The van der Waals surface area contributed by atoms with Gasteiger partial charge in [-0.15, -0.1) is 11.3 Å². The van der Waals surface area contributed by atoms with Crippen molar-refractivity contribution in [3.05, 3.63) is 41.0 Å². The molecule has 3 N–H and O–H groups in total. The summed E-state index contributed by atoms with van der Waals surface area (Å²) in [4.78, 5) is 4.78. The van der Waals surface area contributed by atoms with Crippen LogP contribution < -0.4 is 10.5 Å². The average Bonchev–Trinajstić information content (AvgIpc) is 2.82. The Labute approximate surface area is 120 Å². The van der Waals surface area contributed by atoms with Crippen LogP contribution in [0.25, 0.3) is 0 Å². The van der Waals surface area contributed by atoms with E-state index in [2.05, 4.69) is 9.71 Å². The zero-order valence-electron chi connectivity index (χ0n) is 9.95. The molecule has 0 aliphatic carbocycles. The van der Waals surface area contributed by atoms with E-state index in [1.807, 2.05) is 0 Å². The van der Waals surface area contributed by atoms with Crippen LogP contribution in [0.4, 0.5) is 5.69 Å². The van der Waals surface area contributed by atoms with Crippen molar-refractivity contribution in [2.45, 2.75) is 11.1 Å². The van der Waals surface area contributed by atoms with Crippen LogP contribution in [0.2, 0.25) is 0 Å². The van der Waals surface area contributed by atoms with E-state index in [0.29, 0.717) is 16.3 Å². The number of anilines is 1. The van der Waals surface area contributed by atoms with E-state index in [9.17, 15) is 8.42 Å². The van der Waals surface area contributed by atoms with Gasteiger partial charge in [0.1, 0.15) is 9.20 Å². The highest BCUT2D eigenvalue weighted by Crippen LogP contribution is 2.24. The van der Waals surface area contributed by atoms with Gasteiger partial charge < -0.3 is 5.73 Å². The Bertz CT molecular complexity index is 722. The summed E-state index contributed by atoms with van der Waals surface area (Å²) in [6.07, 6.45) is 1.60. The molecule has 0 bridgehead atoms. The van der Waals surface area contributed by atoms with Crippen molar-refractivity contribution < 1.29 is 8.42 Å². The van der Waals surface area contributed by atoms with Crippen molar-refractivity contribution in [3.63, 3.8) is 0 Å².